The molecule has 2 aromatic rings. The van der Waals surface area contributed by atoms with Gasteiger partial charge in [-0.15, -0.1) is 0 Å². The van der Waals surface area contributed by atoms with Crippen molar-refractivity contribution in [2.45, 2.75) is 13.0 Å². The van der Waals surface area contributed by atoms with Gasteiger partial charge in [0, 0.05) is 25.0 Å². The summed E-state index contributed by atoms with van der Waals surface area (Å²) in [6.45, 7) is 2.32. The summed E-state index contributed by atoms with van der Waals surface area (Å²) in [6.07, 6.45) is 1.47. The normalized spacial score (nSPS) is 16.0. The number of piperazine rings is 1. The number of amides is 4. The van der Waals surface area contributed by atoms with Gasteiger partial charge >= 0.3 is 23.8 Å². The van der Waals surface area contributed by atoms with Crippen LogP contribution in [-0.4, -0.2) is 58.4 Å². The van der Waals surface area contributed by atoms with Gasteiger partial charge in [0.15, 0.2) is 6.04 Å². The van der Waals surface area contributed by atoms with E-state index < -0.39 is 29.9 Å². The first-order valence-corrected chi connectivity index (χ1v) is 8.03. The van der Waals surface area contributed by atoms with E-state index in [0.29, 0.717) is 23.1 Å². The molecule has 0 aliphatic carbocycles. The summed E-state index contributed by atoms with van der Waals surface area (Å²) in [5, 5.41) is 12.5. The molecule has 1 aromatic heterocycles. The molecule has 2 N–H and O–H groups in total. The monoisotopic (exact) mass is 359 g/mol. The maximum Gasteiger partial charge on any atom is 0.330 e. The van der Waals surface area contributed by atoms with E-state index in [9.17, 15) is 24.3 Å². The van der Waals surface area contributed by atoms with E-state index in [1.54, 1.807) is 25.1 Å². The highest BCUT2D eigenvalue weighted by Gasteiger charge is 2.37. The molecule has 4 amide bonds. The number of fused-ring (bicyclic) bond motifs is 1. The zero-order chi connectivity index (χ0) is 18.8. The van der Waals surface area contributed by atoms with Gasteiger partial charge in [0.2, 0.25) is 0 Å². The number of hydrogen-bond acceptors (Lipinski definition) is 5. The zero-order valence-electron chi connectivity index (χ0n) is 14.0. The second-order valence-electron chi connectivity index (χ2n) is 5.78. The summed E-state index contributed by atoms with van der Waals surface area (Å²) < 4.78 is 5.21. The Morgan fingerprint density at radius 3 is 2.69 bits per heavy atom. The third-order valence-electron chi connectivity index (χ3n) is 4.26. The zero-order valence-corrected chi connectivity index (χ0v) is 14.0. The van der Waals surface area contributed by atoms with Crippen LogP contribution < -0.4 is 5.32 Å². The van der Waals surface area contributed by atoms with Crippen molar-refractivity contribution in [1.29, 1.82) is 0 Å². The molecule has 0 spiro atoms. The van der Waals surface area contributed by atoms with Crippen molar-refractivity contribution in [1.82, 2.24) is 15.1 Å². The third-order valence-corrected chi connectivity index (χ3v) is 4.26. The van der Waals surface area contributed by atoms with E-state index >= 15 is 0 Å². The summed E-state index contributed by atoms with van der Waals surface area (Å²) in [6, 6.07) is 4.09. The lowest BCUT2D eigenvalue weighted by molar-refractivity contribution is -0.153. The Bertz CT molecular complexity index is 890. The minimum absolute atomic E-state index is 0.0113. The van der Waals surface area contributed by atoms with Crippen molar-refractivity contribution in [3.05, 3.63) is 36.1 Å². The van der Waals surface area contributed by atoms with Crippen molar-refractivity contribution in [3.8, 4) is 0 Å². The maximum atomic E-state index is 12.4. The summed E-state index contributed by atoms with van der Waals surface area (Å²) in [7, 11) is 0. The standard InChI is InChI=1S/C17H17N3O6/c1-2-19-6-7-20(15(22)14(19)21)17(25)18-13(16(23)24)11-3-4-12-10(9-11)5-8-26-12/h3-5,8-9,13H,2,6-7H2,1H3,(H,18,25)(H,23,24). The number of rotatable bonds is 4. The van der Waals surface area contributed by atoms with Gasteiger partial charge in [0.05, 0.1) is 6.26 Å². The second-order valence-corrected chi connectivity index (χ2v) is 5.78. The van der Waals surface area contributed by atoms with Gasteiger partial charge in [-0.25, -0.2) is 9.59 Å². The van der Waals surface area contributed by atoms with Crippen LogP contribution in [0.3, 0.4) is 0 Å². The minimum atomic E-state index is -1.37. The molecule has 2 heterocycles. The van der Waals surface area contributed by atoms with Crippen LogP contribution in [0, 0.1) is 0 Å². The van der Waals surface area contributed by atoms with Gasteiger partial charge < -0.3 is 19.7 Å². The highest BCUT2D eigenvalue weighted by molar-refractivity contribution is 6.38. The number of likely N-dealkylation sites (N-methyl/N-ethyl adjacent to an activating group) is 1. The first kappa shape index (κ1) is 17.5. The number of urea groups is 1. The average molecular weight is 359 g/mol. The van der Waals surface area contributed by atoms with Crippen molar-refractivity contribution in [3.63, 3.8) is 0 Å². The van der Waals surface area contributed by atoms with E-state index in [1.807, 2.05) is 0 Å². The fourth-order valence-corrected chi connectivity index (χ4v) is 2.82. The molecule has 136 valence electrons. The van der Waals surface area contributed by atoms with Crippen LogP contribution in [-0.2, 0) is 14.4 Å². The molecule has 26 heavy (non-hydrogen) atoms. The Balaban J connectivity index is 1.79. The lowest BCUT2D eigenvalue weighted by Gasteiger charge is -2.32. The van der Waals surface area contributed by atoms with Crippen molar-refractivity contribution in [2.75, 3.05) is 19.6 Å². The number of nitrogens with one attached hydrogen (secondary N) is 1. The Morgan fingerprint density at radius 2 is 2.00 bits per heavy atom. The molecule has 1 fully saturated rings. The van der Waals surface area contributed by atoms with Crippen LogP contribution in [0.5, 0.6) is 0 Å². The quantitative estimate of drug-likeness (QED) is 0.785. The Labute approximate surface area is 148 Å². The van der Waals surface area contributed by atoms with E-state index in [4.69, 9.17) is 4.42 Å². The highest BCUT2D eigenvalue weighted by Crippen LogP contribution is 2.22. The molecule has 0 saturated carbocycles. The number of benzene rings is 1. The van der Waals surface area contributed by atoms with E-state index in [2.05, 4.69) is 5.32 Å². The summed E-state index contributed by atoms with van der Waals surface area (Å²) in [5.74, 6) is -3.03. The SMILES string of the molecule is CCN1CCN(C(=O)NC(C(=O)O)c2ccc3occc3c2)C(=O)C1=O. The number of carboxylic acids is 1. The molecule has 9 nitrogen and oxygen atoms in total. The van der Waals surface area contributed by atoms with Crippen molar-refractivity contribution >= 4 is 34.8 Å². The summed E-state index contributed by atoms with van der Waals surface area (Å²) >= 11 is 0. The van der Waals surface area contributed by atoms with E-state index in [0.717, 1.165) is 4.90 Å². The smallest absolute Gasteiger partial charge is 0.330 e. The second kappa shape index (κ2) is 6.87. The number of aliphatic carboxylic acids is 1. The van der Waals surface area contributed by atoms with Gasteiger partial charge in [-0.3, -0.25) is 14.5 Å². The molecule has 1 aliphatic heterocycles. The first-order valence-electron chi connectivity index (χ1n) is 8.03. The molecule has 1 unspecified atom stereocenters. The maximum absolute atomic E-state index is 12.4. The van der Waals surface area contributed by atoms with Crippen molar-refractivity contribution < 1.29 is 28.7 Å². The highest BCUT2D eigenvalue weighted by atomic mass is 16.4. The van der Waals surface area contributed by atoms with E-state index in [-0.39, 0.29) is 13.1 Å². The van der Waals surface area contributed by atoms with Crippen LogP contribution >= 0.6 is 0 Å². The Morgan fingerprint density at radius 1 is 1.23 bits per heavy atom. The predicted molar refractivity (Wildman–Crippen MR) is 89.1 cm³/mol. The molecular formula is C17H17N3O6. The lowest BCUT2D eigenvalue weighted by Crippen LogP contribution is -2.58. The van der Waals surface area contributed by atoms with Gasteiger partial charge in [0.25, 0.3) is 0 Å². The fourth-order valence-electron chi connectivity index (χ4n) is 2.82. The number of carbonyl (C=O) groups excluding carboxylic acids is 3. The molecule has 0 radical (unpaired) electrons. The number of nitrogens with zero attached hydrogens (tertiary/aromatic N) is 2. The minimum Gasteiger partial charge on any atom is -0.479 e. The van der Waals surface area contributed by atoms with Crippen LogP contribution in [0.4, 0.5) is 4.79 Å². The molecule has 9 heteroatoms. The number of carbonyl (C=O) groups is 4. The van der Waals surface area contributed by atoms with E-state index in [1.165, 1.54) is 17.2 Å². The third kappa shape index (κ3) is 3.10. The number of imide groups is 1. The summed E-state index contributed by atoms with van der Waals surface area (Å²) in [4.78, 5) is 50.1. The van der Waals surface area contributed by atoms with Gasteiger partial charge in [-0.05, 0) is 30.7 Å². The van der Waals surface area contributed by atoms with Crippen LogP contribution in [0.2, 0.25) is 0 Å². The predicted octanol–water partition coefficient (Wildman–Crippen LogP) is 0.959. The number of hydrogen-bond donors (Lipinski definition) is 2. The lowest BCUT2D eigenvalue weighted by atomic mass is 10.1. The Hall–Kier alpha value is -3.36. The first-order chi connectivity index (χ1) is 12.4. The topological polar surface area (TPSA) is 120 Å². The Kier molecular flexibility index (Phi) is 4.61. The van der Waals surface area contributed by atoms with Crippen molar-refractivity contribution in [2.24, 2.45) is 0 Å². The molecule has 1 atom stereocenters. The number of carboxylic acid groups (broad SMARTS) is 1. The molecule has 3 rings (SSSR count). The molecular weight excluding hydrogens is 342 g/mol. The largest absolute Gasteiger partial charge is 0.479 e. The molecule has 1 aliphatic rings. The fraction of sp³-hybridized carbons (Fsp3) is 0.294. The van der Waals surface area contributed by atoms with Gasteiger partial charge in [0.1, 0.15) is 5.58 Å². The summed E-state index contributed by atoms with van der Waals surface area (Å²) in [5.41, 5.74) is 0.909. The van der Waals surface area contributed by atoms with Crippen LogP contribution in [0.15, 0.2) is 34.9 Å². The van der Waals surface area contributed by atoms with Gasteiger partial charge in [-0.1, -0.05) is 6.07 Å². The van der Waals surface area contributed by atoms with Crippen LogP contribution in [0.25, 0.3) is 11.0 Å². The molecule has 1 aromatic carbocycles. The van der Waals surface area contributed by atoms with Crippen LogP contribution in [0.1, 0.15) is 18.5 Å². The molecule has 1 saturated heterocycles. The number of furan rings is 1. The van der Waals surface area contributed by atoms with Gasteiger partial charge in [-0.2, -0.15) is 0 Å². The average Bonchev–Trinajstić information content (AvgIpc) is 3.09. The molecule has 0 bridgehead atoms.